The number of aromatic nitrogens is 3. The quantitative estimate of drug-likeness (QED) is 0.361. The fourth-order valence-electron chi connectivity index (χ4n) is 4.46. The van der Waals surface area contributed by atoms with Gasteiger partial charge in [0.2, 0.25) is 0 Å². The summed E-state index contributed by atoms with van der Waals surface area (Å²) in [6.45, 7) is 3.53. The van der Waals surface area contributed by atoms with E-state index in [-0.39, 0.29) is 11.6 Å². The number of carboxylic acid groups (broad SMARTS) is 1. The number of H-pyrrole nitrogens is 1. The molecule has 1 aliphatic heterocycles. The van der Waals surface area contributed by atoms with E-state index in [2.05, 4.69) is 45.2 Å². The third-order valence-corrected chi connectivity index (χ3v) is 6.60. The van der Waals surface area contributed by atoms with Gasteiger partial charge in [0.15, 0.2) is 5.65 Å². The van der Waals surface area contributed by atoms with Crippen molar-refractivity contribution in [2.24, 2.45) is 5.92 Å². The first-order valence-electron chi connectivity index (χ1n) is 11.3. The first-order chi connectivity index (χ1) is 16.5. The molecule has 1 aliphatic rings. The number of hydrogen-bond acceptors (Lipinski definition) is 5. The van der Waals surface area contributed by atoms with E-state index in [0.717, 1.165) is 38.2 Å². The fraction of sp³-hybridized carbons (Fsp3) is 0.269. The normalized spacial score (nSPS) is 14.5. The maximum absolute atomic E-state index is 11.4. The number of anilines is 1. The van der Waals surface area contributed by atoms with Crippen molar-refractivity contribution in [2.75, 3.05) is 18.0 Å². The lowest BCUT2D eigenvalue weighted by Gasteiger charge is -2.33. The maximum atomic E-state index is 11.4. The average Bonchev–Trinajstić information content (AvgIpc) is 3.22. The number of nitrogens with one attached hydrogen (secondary N) is 1. The monoisotopic (exact) mass is 476 g/mol. The molecule has 5 rings (SSSR count). The lowest BCUT2D eigenvalue weighted by atomic mass is 9.90. The number of nitrogens with zero attached hydrogens (tertiary/aromatic N) is 3. The molecule has 3 heterocycles. The number of piperidine rings is 1. The predicted molar refractivity (Wildman–Crippen MR) is 132 cm³/mol. The van der Waals surface area contributed by atoms with Gasteiger partial charge in [-0.25, -0.2) is 9.78 Å². The van der Waals surface area contributed by atoms with Gasteiger partial charge in [0.25, 0.3) is 0 Å². The molecule has 0 unspecified atom stereocenters. The Morgan fingerprint density at radius 1 is 1.15 bits per heavy atom. The Balaban J connectivity index is 1.30. The largest absolute Gasteiger partial charge is 0.478 e. The SMILES string of the molecule is Cc1ccc(Oc2nc3nc(N4CCC(Cc5ccccc5)CC4)c(Cl)cc3[nH]2)cc1C(=O)O. The van der Waals surface area contributed by atoms with Crippen molar-refractivity contribution in [2.45, 2.75) is 26.2 Å². The molecular formula is C26H25ClN4O3. The van der Waals surface area contributed by atoms with Crippen molar-refractivity contribution >= 4 is 34.6 Å². The molecule has 2 aromatic heterocycles. The molecule has 34 heavy (non-hydrogen) atoms. The van der Waals surface area contributed by atoms with Crippen molar-refractivity contribution in [3.63, 3.8) is 0 Å². The number of imidazole rings is 1. The Hall–Kier alpha value is -3.58. The van der Waals surface area contributed by atoms with Gasteiger partial charge in [-0.1, -0.05) is 48.0 Å². The molecule has 8 heteroatoms. The molecule has 0 spiro atoms. The number of fused-ring (bicyclic) bond motifs is 1. The lowest BCUT2D eigenvalue weighted by molar-refractivity contribution is 0.0695. The summed E-state index contributed by atoms with van der Waals surface area (Å²) >= 11 is 6.59. The van der Waals surface area contributed by atoms with Gasteiger partial charge in [-0.3, -0.25) is 0 Å². The van der Waals surface area contributed by atoms with Crippen LogP contribution in [0, 0.1) is 12.8 Å². The van der Waals surface area contributed by atoms with Gasteiger partial charge >= 0.3 is 12.0 Å². The highest BCUT2D eigenvalue weighted by atomic mass is 35.5. The number of ether oxygens (including phenoxy) is 1. The minimum absolute atomic E-state index is 0.188. The van der Waals surface area contributed by atoms with Crippen LogP contribution in [0.25, 0.3) is 11.2 Å². The highest BCUT2D eigenvalue weighted by molar-refractivity contribution is 6.33. The number of aromatic amines is 1. The van der Waals surface area contributed by atoms with Crippen LogP contribution in [-0.2, 0) is 6.42 Å². The summed E-state index contributed by atoms with van der Waals surface area (Å²) in [6.07, 6.45) is 3.26. The van der Waals surface area contributed by atoms with E-state index < -0.39 is 5.97 Å². The zero-order valence-corrected chi connectivity index (χ0v) is 19.5. The minimum atomic E-state index is -1.00. The molecular weight excluding hydrogens is 452 g/mol. The molecule has 174 valence electrons. The van der Waals surface area contributed by atoms with Crippen LogP contribution >= 0.6 is 11.6 Å². The van der Waals surface area contributed by atoms with E-state index in [9.17, 15) is 9.90 Å². The topological polar surface area (TPSA) is 91.3 Å². The Kier molecular flexibility index (Phi) is 6.11. The second-order valence-electron chi connectivity index (χ2n) is 8.71. The predicted octanol–water partition coefficient (Wildman–Crippen LogP) is 5.87. The van der Waals surface area contributed by atoms with Crippen LogP contribution in [0.1, 0.15) is 34.3 Å². The van der Waals surface area contributed by atoms with Crippen LogP contribution in [0.4, 0.5) is 5.82 Å². The van der Waals surface area contributed by atoms with Gasteiger partial charge in [0.05, 0.1) is 16.1 Å². The Morgan fingerprint density at radius 3 is 2.65 bits per heavy atom. The molecule has 0 atom stereocenters. The van der Waals surface area contributed by atoms with Crippen molar-refractivity contribution in [3.05, 3.63) is 76.3 Å². The smallest absolute Gasteiger partial charge is 0.336 e. The van der Waals surface area contributed by atoms with Gasteiger partial charge in [-0.15, -0.1) is 0 Å². The number of halogens is 1. The second-order valence-corrected chi connectivity index (χ2v) is 9.12. The van der Waals surface area contributed by atoms with E-state index >= 15 is 0 Å². The van der Waals surface area contributed by atoms with Gasteiger partial charge in [0, 0.05) is 13.1 Å². The van der Waals surface area contributed by atoms with E-state index in [1.807, 2.05) is 6.07 Å². The number of pyridine rings is 1. The number of rotatable bonds is 6. The van der Waals surface area contributed by atoms with E-state index in [1.54, 1.807) is 19.1 Å². The first-order valence-corrected chi connectivity index (χ1v) is 11.7. The van der Waals surface area contributed by atoms with E-state index in [4.69, 9.17) is 21.3 Å². The molecule has 0 saturated carbocycles. The molecule has 0 bridgehead atoms. The molecule has 0 aliphatic carbocycles. The summed E-state index contributed by atoms with van der Waals surface area (Å²) in [4.78, 5) is 25.8. The van der Waals surface area contributed by atoms with Gasteiger partial charge in [-0.2, -0.15) is 4.98 Å². The maximum Gasteiger partial charge on any atom is 0.336 e. The Morgan fingerprint density at radius 2 is 1.91 bits per heavy atom. The van der Waals surface area contributed by atoms with Crippen LogP contribution in [0.5, 0.6) is 11.8 Å². The highest BCUT2D eigenvalue weighted by Gasteiger charge is 2.23. The van der Waals surface area contributed by atoms with Crippen molar-refractivity contribution < 1.29 is 14.6 Å². The summed E-state index contributed by atoms with van der Waals surface area (Å²) in [5.74, 6) is 0.762. The second kappa shape index (κ2) is 9.35. The minimum Gasteiger partial charge on any atom is -0.478 e. The molecule has 0 amide bonds. The molecule has 0 radical (unpaired) electrons. The third kappa shape index (κ3) is 4.70. The van der Waals surface area contributed by atoms with Crippen LogP contribution in [0.3, 0.4) is 0 Å². The zero-order chi connectivity index (χ0) is 23.7. The van der Waals surface area contributed by atoms with Gasteiger partial charge in [0.1, 0.15) is 11.6 Å². The van der Waals surface area contributed by atoms with Crippen molar-refractivity contribution in [3.8, 4) is 11.8 Å². The van der Waals surface area contributed by atoms with E-state index in [1.165, 1.54) is 11.6 Å². The molecule has 1 saturated heterocycles. The number of benzene rings is 2. The summed E-state index contributed by atoms with van der Waals surface area (Å²) in [5.41, 5.74) is 3.40. The van der Waals surface area contributed by atoms with Crippen LogP contribution in [0.2, 0.25) is 5.02 Å². The molecule has 1 fully saturated rings. The molecule has 4 aromatic rings. The number of carbonyl (C=O) groups is 1. The first kappa shape index (κ1) is 22.2. The lowest BCUT2D eigenvalue weighted by Crippen LogP contribution is -2.35. The van der Waals surface area contributed by atoms with E-state index in [0.29, 0.717) is 33.4 Å². The molecule has 7 nitrogen and oxygen atoms in total. The highest BCUT2D eigenvalue weighted by Crippen LogP contribution is 2.32. The fourth-order valence-corrected chi connectivity index (χ4v) is 4.73. The van der Waals surface area contributed by atoms with Crippen LogP contribution in [-0.4, -0.2) is 39.1 Å². The van der Waals surface area contributed by atoms with Crippen LogP contribution in [0.15, 0.2) is 54.6 Å². The average molecular weight is 477 g/mol. The van der Waals surface area contributed by atoms with Gasteiger partial charge < -0.3 is 19.7 Å². The standard InChI is InChI=1S/C26H25ClN4O3/c1-16-7-8-19(14-20(16)25(32)33)34-26-28-22-15-21(27)24(29-23(22)30-26)31-11-9-18(10-12-31)13-17-5-3-2-4-6-17/h2-8,14-15,18H,9-13H2,1H3,(H,32,33)(H,28,29,30). The summed E-state index contributed by atoms with van der Waals surface area (Å²) in [5, 5.41) is 9.90. The summed E-state index contributed by atoms with van der Waals surface area (Å²) in [7, 11) is 0. The Bertz CT molecular complexity index is 1330. The van der Waals surface area contributed by atoms with Crippen molar-refractivity contribution in [1.29, 1.82) is 0 Å². The molecule has 2 aromatic carbocycles. The number of hydrogen-bond donors (Lipinski definition) is 2. The summed E-state index contributed by atoms with van der Waals surface area (Å²) in [6, 6.07) is 17.6. The third-order valence-electron chi connectivity index (χ3n) is 6.32. The van der Waals surface area contributed by atoms with Crippen LogP contribution < -0.4 is 9.64 Å². The summed E-state index contributed by atoms with van der Waals surface area (Å²) < 4.78 is 5.78. The number of aromatic carboxylic acids is 1. The zero-order valence-electron chi connectivity index (χ0n) is 18.8. The van der Waals surface area contributed by atoms with Crippen molar-refractivity contribution in [1.82, 2.24) is 15.0 Å². The van der Waals surface area contributed by atoms with Gasteiger partial charge in [-0.05, 0) is 61.4 Å². The number of carboxylic acids is 1. The molecule has 2 N–H and O–H groups in total. The Labute approximate surface area is 202 Å². The number of aryl methyl sites for hydroxylation is 1.